The summed E-state index contributed by atoms with van der Waals surface area (Å²) in [4.78, 5) is 13.7. The molecular weight excluding hydrogens is 304 g/mol. The molecule has 1 amide bonds. The van der Waals surface area contributed by atoms with Crippen LogP contribution in [0.2, 0.25) is 0 Å². The summed E-state index contributed by atoms with van der Waals surface area (Å²) in [6.07, 6.45) is 4.08. The molecule has 1 aromatic rings. The molecule has 0 aromatic heterocycles. The summed E-state index contributed by atoms with van der Waals surface area (Å²) in [5.74, 6) is 0.964. The van der Waals surface area contributed by atoms with Crippen molar-refractivity contribution in [2.24, 2.45) is 0 Å². The van der Waals surface area contributed by atoms with Crippen LogP contribution in [0.25, 0.3) is 0 Å². The topological polar surface area (TPSA) is 50.8 Å². The molecule has 0 radical (unpaired) electrons. The standard InChI is InChI=1S/C19H28N2O3/c1-2-13-23-17-5-3-16(4-6-17)7-10-21-11-8-19(9-12-21)15-20-18(22)14-24-19/h3-6H,2,7-15H2,1H3,(H,20,22). The number of ether oxygens (including phenoxy) is 2. The molecule has 2 saturated heterocycles. The van der Waals surface area contributed by atoms with Crippen molar-refractivity contribution in [1.82, 2.24) is 10.2 Å². The molecule has 0 atom stereocenters. The van der Waals surface area contributed by atoms with Gasteiger partial charge in [-0.3, -0.25) is 4.79 Å². The number of benzene rings is 1. The third-order valence-electron chi connectivity index (χ3n) is 5.00. The van der Waals surface area contributed by atoms with Gasteiger partial charge >= 0.3 is 0 Å². The second-order valence-electron chi connectivity index (χ2n) is 6.83. The molecule has 0 unspecified atom stereocenters. The van der Waals surface area contributed by atoms with E-state index in [4.69, 9.17) is 9.47 Å². The summed E-state index contributed by atoms with van der Waals surface area (Å²) < 4.78 is 11.4. The number of carbonyl (C=O) groups is 1. The summed E-state index contributed by atoms with van der Waals surface area (Å²) in [6, 6.07) is 8.45. The van der Waals surface area contributed by atoms with Gasteiger partial charge < -0.3 is 19.7 Å². The molecule has 2 heterocycles. The normalized spacial score (nSPS) is 20.8. The Morgan fingerprint density at radius 2 is 2.00 bits per heavy atom. The number of piperidine rings is 1. The summed E-state index contributed by atoms with van der Waals surface area (Å²) >= 11 is 0. The van der Waals surface area contributed by atoms with E-state index in [1.54, 1.807) is 0 Å². The first-order chi connectivity index (χ1) is 11.7. The molecule has 1 N–H and O–H groups in total. The highest BCUT2D eigenvalue weighted by Crippen LogP contribution is 2.27. The van der Waals surface area contributed by atoms with Crippen molar-refractivity contribution >= 4 is 5.91 Å². The number of morpholine rings is 1. The maximum absolute atomic E-state index is 11.2. The van der Waals surface area contributed by atoms with E-state index < -0.39 is 0 Å². The van der Waals surface area contributed by atoms with Crippen molar-refractivity contribution in [3.8, 4) is 5.75 Å². The number of nitrogens with zero attached hydrogens (tertiary/aromatic N) is 1. The molecule has 3 rings (SSSR count). The molecule has 0 saturated carbocycles. The van der Waals surface area contributed by atoms with Crippen molar-refractivity contribution in [3.05, 3.63) is 29.8 Å². The van der Waals surface area contributed by atoms with E-state index in [1.807, 2.05) is 0 Å². The molecule has 24 heavy (non-hydrogen) atoms. The van der Waals surface area contributed by atoms with E-state index >= 15 is 0 Å². The number of carbonyl (C=O) groups excluding carboxylic acids is 1. The molecule has 132 valence electrons. The zero-order chi connectivity index (χ0) is 16.8. The Morgan fingerprint density at radius 3 is 2.62 bits per heavy atom. The summed E-state index contributed by atoms with van der Waals surface area (Å²) in [6.45, 7) is 6.91. The van der Waals surface area contributed by atoms with Gasteiger partial charge in [-0.1, -0.05) is 19.1 Å². The highest BCUT2D eigenvalue weighted by Gasteiger charge is 2.38. The van der Waals surface area contributed by atoms with Gasteiger partial charge in [-0.25, -0.2) is 0 Å². The van der Waals surface area contributed by atoms with Gasteiger partial charge in [0.1, 0.15) is 12.4 Å². The summed E-state index contributed by atoms with van der Waals surface area (Å²) in [5.41, 5.74) is 1.23. The first-order valence-corrected chi connectivity index (χ1v) is 9.04. The second-order valence-corrected chi connectivity index (χ2v) is 6.83. The second kappa shape index (κ2) is 7.99. The predicted octanol–water partition coefficient (Wildman–Crippen LogP) is 2.00. The van der Waals surface area contributed by atoms with E-state index in [0.717, 1.165) is 57.7 Å². The number of nitrogens with one attached hydrogen (secondary N) is 1. The van der Waals surface area contributed by atoms with Crippen molar-refractivity contribution in [2.45, 2.75) is 38.2 Å². The molecule has 0 aliphatic carbocycles. The Morgan fingerprint density at radius 1 is 1.25 bits per heavy atom. The average Bonchev–Trinajstić information content (AvgIpc) is 2.63. The lowest BCUT2D eigenvalue weighted by molar-refractivity contribution is -0.150. The summed E-state index contributed by atoms with van der Waals surface area (Å²) in [7, 11) is 0. The molecule has 2 fully saturated rings. The lowest BCUT2D eigenvalue weighted by atomic mass is 9.90. The van der Waals surface area contributed by atoms with E-state index in [9.17, 15) is 4.79 Å². The molecule has 2 aliphatic heterocycles. The van der Waals surface area contributed by atoms with Gasteiger partial charge in [0.2, 0.25) is 5.91 Å². The molecule has 5 nitrogen and oxygen atoms in total. The average molecular weight is 332 g/mol. The zero-order valence-electron chi connectivity index (χ0n) is 14.6. The lowest BCUT2D eigenvalue weighted by Gasteiger charge is -2.43. The monoisotopic (exact) mass is 332 g/mol. The van der Waals surface area contributed by atoms with Gasteiger partial charge in [-0.15, -0.1) is 0 Å². The van der Waals surface area contributed by atoms with Gasteiger partial charge in [-0.2, -0.15) is 0 Å². The fourth-order valence-corrected chi connectivity index (χ4v) is 3.35. The summed E-state index contributed by atoms with van der Waals surface area (Å²) in [5, 5.41) is 2.94. The Labute approximate surface area is 144 Å². The molecule has 5 heteroatoms. The smallest absolute Gasteiger partial charge is 0.246 e. The van der Waals surface area contributed by atoms with Crippen LogP contribution in [0, 0.1) is 0 Å². The highest BCUT2D eigenvalue weighted by molar-refractivity contribution is 5.78. The van der Waals surface area contributed by atoms with Crippen LogP contribution < -0.4 is 10.1 Å². The molecule has 2 aliphatic rings. The predicted molar refractivity (Wildman–Crippen MR) is 93.3 cm³/mol. The quantitative estimate of drug-likeness (QED) is 0.866. The fraction of sp³-hybridized carbons (Fsp3) is 0.632. The van der Waals surface area contributed by atoms with Gasteiger partial charge in [0.05, 0.1) is 12.2 Å². The lowest BCUT2D eigenvalue weighted by Crippen LogP contribution is -2.57. The van der Waals surface area contributed by atoms with Gasteiger partial charge in [0.25, 0.3) is 0 Å². The SMILES string of the molecule is CCCOc1ccc(CCN2CCC3(CC2)CNC(=O)CO3)cc1. The minimum absolute atomic E-state index is 0.00872. The molecular formula is C19H28N2O3. The Kier molecular flexibility index (Phi) is 5.74. The third-order valence-corrected chi connectivity index (χ3v) is 5.00. The van der Waals surface area contributed by atoms with Crippen molar-refractivity contribution in [1.29, 1.82) is 0 Å². The molecule has 0 bridgehead atoms. The largest absolute Gasteiger partial charge is 0.494 e. The minimum Gasteiger partial charge on any atom is -0.494 e. The zero-order valence-corrected chi connectivity index (χ0v) is 14.6. The van der Waals surface area contributed by atoms with Gasteiger partial charge in [0.15, 0.2) is 0 Å². The van der Waals surface area contributed by atoms with Crippen molar-refractivity contribution in [2.75, 3.05) is 39.4 Å². The number of amides is 1. The number of likely N-dealkylation sites (tertiary alicyclic amines) is 1. The van der Waals surface area contributed by atoms with Crippen LogP contribution in [0.1, 0.15) is 31.7 Å². The highest BCUT2D eigenvalue weighted by atomic mass is 16.5. The Hall–Kier alpha value is -1.59. The Balaban J connectivity index is 1.41. The van der Waals surface area contributed by atoms with Crippen LogP contribution in [0.5, 0.6) is 5.75 Å². The van der Waals surface area contributed by atoms with Crippen molar-refractivity contribution in [3.63, 3.8) is 0 Å². The molecule has 1 spiro atoms. The van der Waals surface area contributed by atoms with Crippen LogP contribution in [-0.2, 0) is 16.0 Å². The van der Waals surface area contributed by atoms with Crippen LogP contribution in [0.15, 0.2) is 24.3 Å². The van der Waals surface area contributed by atoms with Crippen LogP contribution >= 0.6 is 0 Å². The molecule has 1 aromatic carbocycles. The van der Waals surface area contributed by atoms with Gasteiger partial charge in [-0.05, 0) is 43.4 Å². The first kappa shape index (κ1) is 17.2. The fourth-order valence-electron chi connectivity index (χ4n) is 3.35. The van der Waals surface area contributed by atoms with Gasteiger partial charge in [0, 0.05) is 26.2 Å². The number of rotatable bonds is 6. The van der Waals surface area contributed by atoms with Crippen molar-refractivity contribution < 1.29 is 14.3 Å². The first-order valence-electron chi connectivity index (χ1n) is 9.04. The maximum atomic E-state index is 11.2. The van der Waals surface area contributed by atoms with Crippen LogP contribution in [0.3, 0.4) is 0 Å². The van der Waals surface area contributed by atoms with E-state index in [2.05, 4.69) is 41.4 Å². The van der Waals surface area contributed by atoms with Crippen LogP contribution in [-0.4, -0.2) is 55.8 Å². The third kappa shape index (κ3) is 4.48. The van der Waals surface area contributed by atoms with E-state index in [-0.39, 0.29) is 18.1 Å². The number of hydrogen-bond donors (Lipinski definition) is 1. The van der Waals surface area contributed by atoms with Crippen LogP contribution in [0.4, 0.5) is 0 Å². The maximum Gasteiger partial charge on any atom is 0.246 e. The van der Waals surface area contributed by atoms with E-state index in [0.29, 0.717) is 6.54 Å². The minimum atomic E-state index is -0.122. The Bertz CT molecular complexity index is 524. The number of hydrogen-bond acceptors (Lipinski definition) is 4. The van der Waals surface area contributed by atoms with E-state index in [1.165, 1.54) is 5.56 Å².